The molecule has 2 aromatic carbocycles. The number of nitrogens with zero attached hydrogens (tertiary/aromatic N) is 2. The van der Waals surface area contributed by atoms with Crippen LogP contribution < -0.4 is 0 Å². The Morgan fingerprint density at radius 2 is 1.95 bits per heavy atom. The molecule has 1 aromatic heterocycles. The SMILES string of the molecule is N#Cc1ccc(Cc2oc3cc([N+](=O)[O-])ccc3c2Br)cc1. The first-order valence-electron chi connectivity index (χ1n) is 6.43. The van der Waals surface area contributed by atoms with Crippen molar-refractivity contribution in [1.29, 1.82) is 5.26 Å². The first-order valence-corrected chi connectivity index (χ1v) is 7.22. The zero-order valence-electron chi connectivity index (χ0n) is 11.2. The number of furan rings is 1. The van der Waals surface area contributed by atoms with Gasteiger partial charge in [-0.05, 0) is 39.7 Å². The van der Waals surface area contributed by atoms with Crippen molar-refractivity contribution in [2.75, 3.05) is 0 Å². The number of halogens is 1. The van der Waals surface area contributed by atoms with Crippen molar-refractivity contribution in [2.45, 2.75) is 6.42 Å². The summed E-state index contributed by atoms with van der Waals surface area (Å²) in [7, 11) is 0. The molecule has 0 aliphatic heterocycles. The van der Waals surface area contributed by atoms with Gasteiger partial charge >= 0.3 is 0 Å². The van der Waals surface area contributed by atoms with Crippen molar-refractivity contribution in [1.82, 2.24) is 0 Å². The van der Waals surface area contributed by atoms with Crippen molar-refractivity contribution in [3.05, 3.63) is 73.9 Å². The van der Waals surface area contributed by atoms with E-state index in [1.165, 1.54) is 12.1 Å². The summed E-state index contributed by atoms with van der Waals surface area (Å²) in [5.41, 5.74) is 2.07. The number of hydrogen-bond donors (Lipinski definition) is 0. The summed E-state index contributed by atoms with van der Waals surface area (Å²) in [6, 6.07) is 13.8. The first-order chi connectivity index (χ1) is 10.6. The summed E-state index contributed by atoms with van der Waals surface area (Å²) in [6.07, 6.45) is 0.536. The van der Waals surface area contributed by atoms with Gasteiger partial charge in [0.25, 0.3) is 5.69 Å². The van der Waals surface area contributed by atoms with Gasteiger partial charge in [0, 0.05) is 17.9 Å². The second kappa shape index (κ2) is 5.62. The smallest absolute Gasteiger partial charge is 0.273 e. The number of non-ortho nitro benzene ring substituents is 1. The van der Waals surface area contributed by atoms with E-state index in [-0.39, 0.29) is 5.69 Å². The highest BCUT2D eigenvalue weighted by Gasteiger charge is 2.15. The Morgan fingerprint density at radius 3 is 2.59 bits per heavy atom. The van der Waals surface area contributed by atoms with E-state index in [0.717, 1.165) is 15.4 Å². The average Bonchev–Trinajstić information content (AvgIpc) is 2.84. The highest BCUT2D eigenvalue weighted by Crippen LogP contribution is 2.34. The van der Waals surface area contributed by atoms with Gasteiger partial charge in [0.05, 0.1) is 27.1 Å². The Hall–Kier alpha value is -2.65. The number of nitro groups is 1. The summed E-state index contributed by atoms with van der Waals surface area (Å²) in [6.45, 7) is 0. The number of fused-ring (bicyclic) bond motifs is 1. The van der Waals surface area contributed by atoms with E-state index in [9.17, 15) is 10.1 Å². The van der Waals surface area contributed by atoms with E-state index in [2.05, 4.69) is 22.0 Å². The lowest BCUT2D eigenvalue weighted by atomic mass is 10.1. The summed E-state index contributed by atoms with van der Waals surface area (Å²) in [5.74, 6) is 0.695. The van der Waals surface area contributed by atoms with E-state index >= 15 is 0 Å². The quantitative estimate of drug-likeness (QED) is 0.508. The van der Waals surface area contributed by atoms with Crippen LogP contribution in [0.3, 0.4) is 0 Å². The molecule has 108 valence electrons. The zero-order valence-corrected chi connectivity index (χ0v) is 12.8. The topological polar surface area (TPSA) is 80.1 Å². The van der Waals surface area contributed by atoms with Gasteiger partial charge < -0.3 is 4.42 Å². The molecule has 3 rings (SSSR count). The third-order valence-electron chi connectivity index (χ3n) is 3.34. The van der Waals surface area contributed by atoms with Crippen molar-refractivity contribution in [3.63, 3.8) is 0 Å². The van der Waals surface area contributed by atoms with Crippen molar-refractivity contribution in [2.24, 2.45) is 0 Å². The number of rotatable bonds is 3. The van der Waals surface area contributed by atoms with Gasteiger partial charge in [-0.25, -0.2) is 0 Å². The van der Waals surface area contributed by atoms with Crippen LogP contribution >= 0.6 is 15.9 Å². The lowest BCUT2D eigenvalue weighted by molar-refractivity contribution is -0.384. The molecule has 0 radical (unpaired) electrons. The molecule has 0 aliphatic carbocycles. The van der Waals surface area contributed by atoms with Crippen LogP contribution in [0.2, 0.25) is 0 Å². The number of hydrogen-bond acceptors (Lipinski definition) is 4. The fraction of sp³-hybridized carbons (Fsp3) is 0.0625. The van der Waals surface area contributed by atoms with E-state index < -0.39 is 4.92 Å². The maximum absolute atomic E-state index is 10.8. The van der Waals surface area contributed by atoms with Crippen LogP contribution in [-0.4, -0.2) is 4.92 Å². The second-order valence-corrected chi connectivity index (χ2v) is 5.56. The van der Waals surface area contributed by atoms with Crippen molar-refractivity contribution >= 4 is 32.6 Å². The normalized spacial score (nSPS) is 10.5. The minimum Gasteiger partial charge on any atom is -0.459 e. The minimum absolute atomic E-state index is 0.00123. The van der Waals surface area contributed by atoms with Gasteiger partial charge in [-0.15, -0.1) is 0 Å². The number of nitriles is 1. The van der Waals surface area contributed by atoms with Crippen molar-refractivity contribution < 1.29 is 9.34 Å². The minimum atomic E-state index is -0.448. The molecule has 0 fully saturated rings. The van der Waals surface area contributed by atoms with E-state index in [4.69, 9.17) is 9.68 Å². The standard InChI is InChI=1S/C16H9BrN2O3/c17-16-13-6-5-12(19(20)21)8-14(13)22-15(16)7-10-1-3-11(9-18)4-2-10/h1-6,8H,7H2. The molecule has 5 nitrogen and oxygen atoms in total. The van der Waals surface area contributed by atoms with Crippen LogP contribution in [0.15, 0.2) is 51.4 Å². The van der Waals surface area contributed by atoms with Crippen molar-refractivity contribution in [3.8, 4) is 6.07 Å². The van der Waals surface area contributed by atoms with E-state index in [1.54, 1.807) is 18.2 Å². The molecule has 6 heteroatoms. The van der Waals surface area contributed by atoms with Crippen LogP contribution in [0.1, 0.15) is 16.9 Å². The first kappa shape index (κ1) is 14.3. The monoisotopic (exact) mass is 356 g/mol. The molecule has 0 bridgehead atoms. The Balaban J connectivity index is 1.98. The molecule has 0 atom stereocenters. The molecule has 3 aromatic rings. The maximum atomic E-state index is 10.8. The van der Waals surface area contributed by atoms with Crippen LogP contribution in [-0.2, 0) is 6.42 Å². The van der Waals surface area contributed by atoms with Gasteiger partial charge in [0.15, 0.2) is 0 Å². The highest BCUT2D eigenvalue weighted by molar-refractivity contribution is 9.10. The van der Waals surface area contributed by atoms with E-state index in [0.29, 0.717) is 23.3 Å². The molecule has 0 amide bonds. The van der Waals surface area contributed by atoms with Gasteiger partial charge in [-0.2, -0.15) is 5.26 Å². The molecule has 0 unspecified atom stereocenters. The lowest BCUT2D eigenvalue weighted by Crippen LogP contribution is -1.86. The fourth-order valence-electron chi connectivity index (χ4n) is 2.21. The molecule has 1 heterocycles. The Morgan fingerprint density at radius 1 is 1.23 bits per heavy atom. The summed E-state index contributed by atoms with van der Waals surface area (Å²) >= 11 is 3.48. The Kier molecular flexibility index (Phi) is 3.65. The zero-order chi connectivity index (χ0) is 15.7. The summed E-state index contributed by atoms with van der Waals surface area (Å²) in [4.78, 5) is 10.4. The summed E-state index contributed by atoms with van der Waals surface area (Å²) < 4.78 is 6.53. The third kappa shape index (κ3) is 2.59. The van der Waals surface area contributed by atoms with Gasteiger partial charge in [0.1, 0.15) is 11.3 Å². The molecular weight excluding hydrogens is 348 g/mol. The lowest BCUT2D eigenvalue weighted by Gasteiger charge is -1.99. The number of nitro benzene ring substituents is 1. The van der Waals surface area contributed by atoms with E-state index in [1.807, 2.05) is 12.1 Å². The molecule has 22 heavy (non-hydrogen) atoms. The molecule has 0 saturated heterocycles. The molecule has 0 N–H and O–H groups in total. The number of benzene rings is 2. The molecular formula is C16H9BrN2O3. The highest BCUT2D eigenvalue weighted by atomic mass is 79.9. The molecule has 0 saturated carbocycles. The Bertz CT molecular complexity index is 908. The van der Waals surface area contributed by atoms with Gasteiger partial charge in [-0.1, -0.05) is 12.1 Å². The third-order valence-corrected chi connectivity index (χ3v) is 4.21. The second-order valence-electron chi connectivity index (χ2n) is 4.76. The largest absolute Gasteiger partial charge is 0.459 e. The summed E-state index contributed by atoms with van der Waals surface area (Å²) in [5, 5.41) is 20.4. The van der Waals surface area contributed by atoms with Gasteiger partial charge in [-0.3, -0.25) is 10.1 Å². The average molecular weight is 357 g/mol. The maximum Gasteiger partial charge on any atom is 0.273 e. The van der Waals surface area contributed by atoms with Crippen LogP contribution in [0.5, 0.6) is 0 Å². The molecule has 0 aliphatic rings. The Labute approximate surface area is 134 Å². The molecule has 0 spiro atoms. The van der Waals surface area contributed by atoms with Gasteiger partial charge in [0.2, 0.25) is 0 Å². The van der Waals surface area contributed by atoms with Crippen LogP contribution in [0, 0.1) is 21.4 Å². The fourth-order valence-corrected chi connectivity index (χ4v) is 2.76. The predicted molar refractivity (Wildman–Crippen MR) is 84.5 cm³/mol. The van der Waals surface area contributed by atoms with Crippen LogP contribution in [0.4, 0.5) is 5.69 Å². The van der Waals surface area contributed by atoms with Crippen LogP contribution in [0.25, 0.3) is 11.0 Å². The predicted octanol–water partition coefficient (Wildman–Crippen LogP) is 4.57.